The van der Waals surface area contributed by atoms with Gasteiger partial charge < -0.3 is 14.2 Å². The fraction of sp³-hybridized carbons (Fsp3) is 0.476. The van der Waals surface area contributed by atoms with Crippen LogP contribution < -0.4 is 0 Å². The van der Waals surface area contributed by atoms with Gasteiger partial charge in [0.1, 0.15) is 6.10 Å². The second-order valence-electron chi connectivity index (χ2n) is 6.15. The van der Waals surface area contributed by atoms with E-state index in [4.69, 9.17) is 14.2 Å². The van der Waals surface area contributed by atoms with Gasteiger partial charge in [-0.15, -0.1) is 0 Å². The Balaban J connectivity index is 2.20. The van der Waals surface area contributed by atoms with Crippen molar-refractivity contribution in [1.82, 2.24) is 0 Å². The molecule has 0 amide bonds. The highest BCUT2D eigenvalue weighted by Gasteiger charge is 2.36. The predicted molar refractivity (Wildman–Crippen MR) is 98.6 cm³/mol. The molecule has 0 bridgehead atoms. The summed E-state index contributed by atoms with van der Waals surface area (Å²) in [5.41, 5.74) is 2.33. The number of carbonyl (C=O) groups excluding carboxylic acids is 3. The summed E-state index contributed by atoms with van der Waals surface area (Å²) < 4.78 is 15.5. The van der Waals surface area contributed by atoms with E-state index in [-0.39, 0.29) is 26.1 Å². The SMILES string of the molecule is CCOC(=O)C(CCC1=C(CC)C(c2ccccc2)OC1=O)C(=O)OCC. The zero-order chi connectivity index (χ0) is 19.8. The van der Waals surface area contributed by atoms with Crippen LogP contribution in [0.25, 0.3) is 0 Å². The highest BCUT2D eigenvalue weighted by Crippen LogP contribution is 2.39. The van der Waals surface area contributed by atoms with Crippen LogP contribution in [-0.4, -0.2) is 31.1 Å². The van der Waals surface area contributed by atoms with Gasteiger partial charge in [0.05, 0.1) is 13.2 Å². The molecule has 6 heteroatoms. The molecule has 0 spiro atoms. The molecule has 1 aliphatic rings. The summed E-state index contributed by atoms with van der Waals surface area (Å²) in [4.78, 5) is 36.7. The fourth-order valence-electron chi connectivity index (χ4n) is 3.20. The first-order chi connectivity index (χ1) is 13.0. The van der Waals surface area contributed by atoms with E-state index in [1.54, 1.807) is 13.8 Å². The lowest BCUT2D eigenvalue weighted by atomic mass is 9.92. The van der Waals surface area contributed by atoms with E-state index in [2.05, 4.69) is 0 Å². The molecule has 146 valence electrons. The van der Waals surface area contributed by atoms with Gasteiger partial charge in [-0.05, 0) is 44.2 Å². The molecular formula is C21H26O6. The number of hydrogen-bond donors (Lipinski definition) is 0. The fourth-order valence-corrected chi connectivity index (χ4v) is 3.20. The number of benzene rings is 1. The first-order valence-electron chi connectivity index (χ1n) is 9.34. The summed E-state index contributed by atoms with van der Waals surface area (Å²) >= 11 is 0. The van der Waals surface area contributed by atoms with E-state index in [9.17, 15) is 14.4 Å². The third-order valence-corrected chi connectivity index (χ3v) is 4.48. The maximum atomic E-state index is 12.4. The molecule has 2 rings (SSSR count). The lowest BCUT2D eigenvalue weighted by Gasteiger charge is -2.14. The minimum atomic E-state index is -1.04. The number of rotatable bonds is 9. The summed E-state index contributed by atoms with van der Waals surface area (Å²) in [6.45, 7) is 5.67. The topological polar surface area (TPSA) is 78.9 Å². The Morgan fingerprint density at radius 1 is 1.04 bits per heavy atom. The molecule has 0 fully saturated rings. The standard InChI is InChI=1S/C21H26O6/c1-4-15-16(21(24)27-18(15)14-10-8-7-9-11-14)12-13-17(19(22)25-5-2)20(23)26-6-3/h7-11,17-18H,4-6,12-13H2,1-3H3. The average Bonchev–Trinajstić information content (AvgIpc) is 2.99. The molecule has 0 radical (unpaired) electrons. The van der Waals surface area contributed by atoms with E-state index in [0.29, 0.717) is 12.0 Å². The van der Waals surface area contributed by atoms with Crippen molar-refractivity contribution in [3.05, 3.63) is 47.0 Å². The predicted octanol–water partition coefficient (Wildman–Crippen LogP) is 3.51. The van der Waals surface area contributed by atoms with Gasteiger partial charge in [0, 0.05) is 5.57 Å². The lowest BCUT2D eigenvalue weighted by molar-refractivity contribution is -0.162. The summed E-state index contributed by atoms with van der Waals surface area (Å²) in [6, 6.07) is 9.52. The summed E-state index contributed by atoms with van der Waals surface area (Å²) in [5, 5.41) is 0. The molecule has 6 nitrogen and oxygen atoms in total. The maximum Gasteiger partial charge on any atom is 0.335 e. The maximum absolute atomic E-state index is 12.4. The van der Waals surface area contributed by atoms with Gasteiger partial charge in [0.2, 0.25) is 0 Å². The second kappa shape index (κ2) is 9.90. The summed E-state index contributed by atoms with van der Waals surface area (Å²) in [6.07, 6.45) is 0.632. The molecule has 0 N–H and O–H groups in total. The molecule has 1 unspecified atom stereocenters. The molecule has 0 saturated heterocycles. The van der Waals surface area contributed by atoms with Crippen molar-refractivity contribution in [2.24, 2.45) is 5.92 Å². The molecule has 1 aromatic carbocycles. The Kier molecular flexibility index (Phi) is 7.58. The van der Waals surface area contributed by atoms with Gasteiger partial charge in [0.15, 0.2) is 5.92 Å². The molecule has 27 heavy (non-hydrogen) atoms. The molecule has 0 aliphatic carbocycles. The zero-order valence-electron chi connectivity index (χ0n) is 16.0. The summed E-state index contributed by atoms with van der Waals surface area (Å²) in [5.74, 6) is -2.69. The van der Waals surface area contributed by atoms with Crippen molar-refractivity contribution in [3.8, 4) is 0 Å². The van der Waals surface area contributed by atoms with Crippen LogP contribution in [-0.2, 0) is 28.6 Å². The largest absolute Gasteiger partial charge is 0.465 e. The Morgan fingerprint density at radius 3 is 2.15 bits per heavy atom. The van der Waals surface area contributed by atoms with Crippen LogP contribution in [0.4, 0.5) is 0 Å². The Bertz CT molecular complexity index is 689. The quantitative estimate of drug-likeness (QED) is 0.374. The van der Waals surface area contributed by atoms with Crippen LogP contribution in [0, 0.1) is 5.92 Å². The van der Waals surface area contributed by atoms with Gasteiger partial charge in [-0.1, -0.05) is 37.3 Å². The highest BCUT2D eigenvalue weighted by molar-refractivity contribution is 5.96. The van der Waals surface area contributed by atoms with Crippen LogP contribution in [0.2, 0.25) is 0 Å². The lowest BCUT2D eigenvalue weighted by Crippen LogP contribution is -2.28. The minimum absolute atomic E-state index is 0.146. The van der Waals surface area contributed by atoms with E-state index < -0.39 is 29.9 Å². The van der Waals surface area contributed by atoms with Crippen molar-refractivity contribution in [2.45, 2.75) is 46.1 Å². The molecule has 1 aliphatic heterocycles. The highest BCUT2D eigenvalue weighted by atomic mass is 16.6. The third-order valence-electron chi connectivity index (χ3n) is 4.48. The molecule has 0 aromatic heterocycles. The monoisotopic (exact) mass is 374 g/mol. The van der Waals surface area contributed by atoms with Crippen LogP contribution in [0.15, 0.2) is 41.5 Å². The number of carbonyl (C=O) groups is 3. The first-order valence-corrected chi connectivity index (χ1v) is 9.34. The van der Waals surface area contributed by atoms with Crippen LogP contribution in [0.1, 0.15) is 51.7 Å². The van der Waals surface area contributed by atoms with Crippen LogP contribution >= 0.6 is 0 Å². The Labute approximate surface area is 159 Å². The van der Waals surface area contributed by atoms with Crippen molar-refractivity contribution in [1.29, 1.82) is 0 Å². The Morgan fingerprint density at radius 2 is 1.63 bits per heavy atom. The Hall–Kier alpha value is -2.63. The number of ether oxygens (including phenoxy) is 3. The van der Waals surface area contributed by atoms with E-state index >= 15 is 0 Å². The van der Waals surface area contributed by atoms with Gasteiger partial charge in [-0.25, -0.2) is 4.79 Å². The van der Waals surface area contributed by atoms with Crippen LogP contribution in [0.3, 0.4) is 0 Å². The number of hydrogen-bond acceptors (Lipinski definition) is 6. The van der Waals surface area contributed by atoms with Crippen molar-refractivity contribution >= 4 is 17.9 Å². The molecule has 0 saturated carbocycles. The van der Waals surface area contributed by atoms with Crippen molar-refractivity contribution < 1.29 is 28.6 Å². The number of esters is 3. The molecule has 1 heterocycles. The number of cyclic esters (lactones) is 1. The molecule has 1 atom stereocenters. The normalized spacial score (nSPS) is 16.4. The van der Waals surface area contributed by atoms with E-state index in [1.165, 1.54) is 0 Å². The molecule has 1 aromatic rings. The van der Waals surface area contributed by atoms with E-state index in [1.807, 2.05) is 37.3 Å². The van der Waals surface area contributed by atoms with Gasteiger partial charge in [-0.2, -0.15) is 0 Å². The van der Waals surface area contributed by atoms with Gasteiger partial charge >= 0.3 is 17.9 Å². The minimum Gasteiger partial charge on any atom is -0.465 e. The zero-order valence-corrected chi connectivity index (χ0v) is 16.0. The second-order valence-corrected chi connectivity index (χ2v) is 6.15. The average molecular weight is 374 g/mol. The van der Waals surface area contributed by atoms with Gasteiger partial charge in [-0.3, -0.25) is 9.59 Å². The van der Waals surface area contributed by atoms with E-state index in [0.717, 1.165) is 11.1 Å². The molecular weight excluding hydrogens is 348 g/mol. The third kappa shape index (κ3) is 4.96. The summed E-state index contributed by atoms with van der Waals surface area (Å²) in [7, 11) is 0. The van der Waals surface area contributed by atoms with Crippen LogP contribution in [0.5, 0.6) is 0 Å². The smallest absolute Gasteiger partial charge is 0.335 e. The van der Waals surface area contributed by atoms with Crippen molar-refractivity contribution in [2.75, 3.05) is 13.2 Å². The first kappa shape index (κ1) is 20.7. The van der Waals surface area contributed by atoms with Gasteiger partial charge in [0.25, 0.3) is 0 Å². The van der Waals surface area contributed by atoms with Crippen molar-refractivity contribution in [3.63, 3.8) is 0 Å².